The lowest BCUT2D eigenvalue weighted by Crippen LogP contribution is -2.47. The first kappa shape index (κ1) is 13.9. The van der Waals surface area contributed by atoms with Crippen LogP contribution >= 0.6 is 0 Å². The molecule has 2 fully saturated rings. The largest absolute Gasteiger partial charge is 0.385 e. The Bertz CT molecular complexity index is 388. The smallest absolute Gasteiger partial charge is 0.0340 e. The number of nitrogens with zero attached hydrogens (tertiary/aromatic N) is 1. The zero-order valence-corrected chi connectivity index (χ0v) is 12.6. The third-order valence-corrected chi connectivity index (χ3v) is 5.08. The Morgan fingerprint density at radius 3 is 2.70 bits per heavy atom. The number of anilines is 1. The Morgan fingerprint density at radius 1 is 1.00 bits per heavy atom. The molecule has 1 aliphatic carbocycles. The van der Waals surface area contributed by atoms with E-state index in [-0.39, 0.29) is 0 Å². The molecule has 1 N–H and O–H groups in total. The van der Waals surface area contributed by atoms with Gasteiger partial charge in [-0.2, -0.15) is 0 Å². The lowest BCUT2D eigenvalue weighted by Gasteiger charge is -2.44. The lowest BCUT2D eigenvalue weighted by molar-refractivity contribution is 0.0608. The Labute approximate surface area is 123 Å². The molecule has 3 rings (SSSR count). The van der Waals surface area contributed by atoms with Gasteiger partial charge in [-0.05, 0) is 56.7 Å². The molecule has 0 bridgehead atoms. The van der Waals surface area contributed by atoms with Crippen molar-refractivity contribution in [3.8, 4) is 0 Å². The topological polar surface area (TPSA) is 15.3 Å². The van der Waals surface area contributed by atoms with Crippen LogP contribution in [0, 0.1) is 5.92 Å². The van der Waals surface area contributed by atoms with E-state index in [2.05, 4.69) is 40.5 Å². The average Bonchev–Trinajstić information content (AvgIpc) is 2.53. The third kappa shape index (κ3) is 3.54. The van der Waals surface area contributed by atoms with Crippen LogP contribution in [0.5, 0.6) is 0 Å². The van der Waals surface area contributed by atoms with E-state index < -0.39 is 0 Å². The highest BCUT2D eigenvalue weighted by Gasteiger charge is 2.32. The van der Waals surface area contributed by atoms with Crippen molar-refractivity contribution in [2.24, 2.45) is 5.92 Å². The van der Waals surface area contributed by atoms with Gasteiger partial charge >= 0.3 is 0 Å². The summed E-state index contributed by atoms with van der Waals surface area (Å²) in [7, 11) is 0. The Balaban J connectivity index is 1.41. The van der Waals surface area contributed by atoms with Gasteiger partial charge in [-0.1, -0.05) is 31.0 Å². The number of likely N-dealkylation sites (tertiary alicyclic amines) is 1. The van der Waals surface area contributed by atoms with Gasteiger partial charge in [-0.15, -0.1) is 0 Å². The molecule has 2 aliphatic rings. The molecule has 0 radical (unpaired) electrons. The molecule has 1 saturated heterocycles. The molecule has 2 nitrogen and oxygen atoms in total. The molecule has 0 unspecified atom stereocenters. The van der Waals surface area contributed by atoms with E-state index in [0.717, 1.165) is 18.5 Å². The molecule has 0 aromatic heterocycles. The quantitative estimate of drug-likeness (QED) is 0.810. The standard InChI is InChI=1S/C18H28N2/c1-2-10-17(11-3-1)19-13-7-15-20-14-6-9-16-8-4-5-12-18(16)20/h1-3,10-11,16,18-19H,4-9,12-15H2/t16-,18-/m1/s1. The highest BCUT2D eigenvalue weighted by molar-refractivity contribution is 5.42. The molecule has 2 atom stereocenters. The highest BCUT2D eigenvalue weighted by Crippen LogP contribution is 2.35. The maximum atomic E-state index is 3.53. The van der Waals surface area contributed by atoms with Gasteiger partial charge in [0.2, 0.25) is 0 Å². The van der Waals surface area contributed by atoms with E-state index in [0.29, 0.717) is 0 Å². The highest BCUT2D eigenvalue weighted by atomic mass is 15.2. The number of para-hydroxylation sites is 1. The van der Waals surface area contributed by atoms with Gasteiger partial charge in [0.1, 0.15) is 0 Å². The molecule has 1 heterocycles. The lowest BCUT2D eigenvalue weighted by atomic mass is 9.78. The minimum Gasteiger partial charge on any atom is -0.385 e. The van der Waals surface area contributed by atoms with Crippen molar-refractivity contribution < 1.29 is 0 Å². The number of fused-ring (bicyclic) bond motifs is 1. The molecular formula is C18H28N2. The number of hydrogen-bond acceptors (Lipinski definition) is 2. The third-order valence-electron chi connectivity index (χ3n) is 5.08. The zero-order valence-electron chi connectivity index (χ0n) is 12.6. The number of benzene rings is 1. The maximum absolute atomic E-state index is 3.53. The minimum absolute atomic E-state index is 0.911. The van der Waals surface area contributed by atoms with Crippen LogP contribution in [-0.4, -0.2) is 30.6 Å². The average molecular weight is 272 g/mol. The number of nitrogens with one attached hydrogen (secondary N) is 1. The molecule has 1 aliphatic heterocycles. The van der Waals surface area contributed by atoms with E-state index in [1.165, 1.54) is 63.7 Å². The molecule has 0 amide bonds. The van der Waals surface area contributed by atoms with Crippen molar-refractivity contribution in [2.45, 2.75) is 51.0 Å². The Morgan fingerprint density at radius 2 is 1.80 bits per heavy atom. The van der Waals surface area contributed by atoms with Gasteiger partial charge < -0.3 is 10.2 Å². The van der Waals surface area contributed by atoms with E-state index >= 15 is 0 Å². The molecule has 1 aromatic rings. The Hall–Kier alpha value is -1.02. The summed E-state index contributed by atoms with van der Waals surface area (Å²) in [4.78, 5) is 2.79. The molecular weight excluding hydrogens is 244 g/mol. The zero-order chi connectivity index (χ0) is 13.6. The van der Waals surface area contributed by atoms with Gasteiger partial charge in [-0.3, -0.25) is 0 Å². The second kappa shape index (κ2) is 7.12. The molecule has 2 heteroatoms. The fourth-order valence-electron chi connectivity index (χ4n) is 4.08. The monoisotopic (exact) mass is 272 g/mol. The van der Waals surface area contributed by atoms with Crippen LogP contribution in [0.1, 0.15) is 44.9 Å². The van der Waals surface area contributed by atoms with Gasteiger partial charge in [-0.25, -0.2) is 0 Å². The summed E-state index contributed by atoms with van der Waals surface area (Å²) in [6.07, 6.45) is 10.1. The SMILES string of the molecule is c1ccc(NCCCN2CCC[C@H]3CCCC[C@H]32)cc1. The van der Waals surface area contributed by atoms with Crippen molar-refractivity contribution in [3.05, 3.63) is 30.3 Å². The van der Waals surface area contributed by atoms with Crippen molar-refractivity contribution in [1.29, 1.82) is 0 Å². The molecule has 1 aromatic carbocycles. The first-order valence-electron chi connectivity index (χ1n) is 8.46. The van der Waals surface area contributed by atoms with Gasteiger partial charge in [0.05, 0.1) is 0 Å². The fourth-order valence-corrected chi connectivity index (χ4v) is 4.08. The molecule has 0 spiro atoms. The van der Waals surface area contributed by atoms with Crippen molar-refractivity contribution in [1.82, 2.24) is 4.90 Å². The van der Waals surface area contributed by atoms with E-state index in [1.807, 2.05) is 0 Å². The van der Waals surface area contributed by atoms with E-state index in [9.17, 15) is 0 Å². The van der Waals surface area contributed by atoms with Gasteiger partial charge in [0.25, 0.3) is 0 Å². The number of piperidine rings is 1. The molecule has 110 valence electrons. The first-order chi connectivity index (χ1) is 9.93. The van der Waals surface area contributed by atoms with Crippen LogP contribution in [0.25, 0.3) is 0 Å². The van der Waals surface area contributed by atoms with Crippen LogP contribution in [0.4, 0.5) is 5.69 Å². The van der Waals surface area contributed by atoms with E-state index in [1.54, 1.807) is 0 Å². The van der Waals surface area contributed by atoms with Crippen LogP contribution in [0.2, 0.25) is 0 Å². The van der Waals surface area contributed by atoms with Crippen molar-refractivity contribution >= 4 is 5.69 Å². The predicted molar refractivity (Wildman–Crippen MR) is 86.1 cm³/mol. The summed E-state index contributed by atoms with van der Waals surface area (Å²) in [6, 6.07) is 11.5. The fraction of sp³-hybridized carbons (Fsp3) is 0.667. The summed E-state index contributed by atoms with van der Waals surface area (Å²) in [5.41, 5.74) is 1.25. The van der Waals surface area contributed by atoms with Crippen LogP contribution < -0.4 is 5.32 Å². The number of rotatable bonds is 5. The van der Waals surface area contributed by atoms with E-state index in [4.69, 9.17) is 0 Å². The minimum atomic E-state index is 0.911. The second-order valence-electron chi connectivity index (χ2n) is 6.44. The normalized spacial score (nSPS) is 27.0. The number of hydrogen-bond donors (Lipinski definition) is 1. The summed E-state index contributed by atoms with van der Waals surface area (Å²) < 4.78 is 0. The summed E-state index contributed by atoms with van der Waals surface area (Å²) in [5.74, 6) is 1.01. The Kier molecular flexibility index (Phi) is 4.96. The van der Waals surface area contributed by atoms with Gasteiger partial charge in [0.15, 0.2) is 0 Å². The second-order valence-corrected chi connectivity index (χ2v) is 6.44. The summed E-state index contributed by atoms with van der Waals surface area (Å²) in [5, 5.41) is 3.53. The molecule has 20 heavy (non-hydrogen) atoms. The maximum Gasteiger partial charge on any atom is 0.0340 e. The van der Waals surface area contributed by atoms with Crippen molar-refractivity contribution in [2.75, 3.05) is 25.0 Å². The first-order valence-corrected chi connectivity index (χ1v) is 8.46. The predicted octanol–water partition coefficient (Wildman–Crippen LogP) is 4.14. The van der Waals surface area contributed by atoms with Crippen LogP contribution in [0.3, 0.4) is 0 Å². The summed E-state index contributed by atoms with van der Waals surface area (Å²) in [6.45, 7) is 3.71. The molecule has 1 saturated carbocycles. The van der Waals surface area contributed by atoms with Crippen LogP contribution in [-0.2, 0) is 0 Å². The van der Waals surface area contributed by atoms with Gasteiger partial charge in [0, 0.05) is 24.8 Å². The van der Waals surface area contributed by atoms with Crippen LogP contribution in [0.15, 0.2) is 30.3 Å². The van der Waals surface area contributed by atoms with Crippen molar-refractivity contribution in [3.63, 3.8) is 0 Å². The summed E-state index contributed by atoms with van der Waals surface area (Å²) >= 11 is 0.